The summed E-state index contributed by atoms with van der Waals surface area (Å²) >= 11 is 0. The summed E-state index contributed by atoms with van der Waals surface area (Å²) in [6, 6.07) is 61.4. The highest BCUT2D eigenvalue weighted by molar-refractivity contribution is 6.18. The fourth-order valence-electron chi connectivity index (χ4n) is 7.61. The van der Waals surface area contributed by atoms with E-state index in [4.69, 9.17) is 28.8 Å². The van der Waals surface area contributed by atoms with E-state index in [0.29, 0.717) is 11.6 Å². The minimum absolute atomic E-state index is 0.658. The summed E-state index contributed by atoms with van der Waals surface area (Å²) in [4.78, 5) is 20.2. The Hall–Kier alpha value is -7.70. The molecule has 262 valence electrons. The van der Waals surface area contributed by atoms with Crippen LogP contribution in [0.25, 0.3) is 112 Å². The van der Waals surface area contributed by atoms with Gasteiger partial charge in [0.15, 0.2) is 11.6 Å². The highest BCUT2D eigenvalue weighted by Gasteiger charge is 2.20. The minimum atomic E-state index is 0.658. The summed E-state index contributed by atoms with van der Waals surface area (Å²) in [6.45, 7) is 0. The van der Waals surface area contributed by atoms with Gasteiger partial charge in [0.1, 0.15) is 22.3 Å². The third-order valence-corrected chi connectivity index (χ3v) is 10.3. The van der Waals surface area contributed by atoms with Crippen molar-refractivity contribution in [3.05, 3.63) is 182 Å². The smallest absolute Gasteiger partial charge is 0.160 e. The van der Waals surface area contributed by atoms with Gasteiger partial charge in [-0.2, -0.15) is 0 Å². The zero-order valence-electron chi connectivity index (χ0n) is 29.9. The lowest BCUT2D eigenvalue weighted by atomic mass is 10.0. The van der Waals surface area contributed by atoms with Gasteiger partial charge in [0.2, 0.25) is 0 Å². The molecule has 0 bridgehead atoms. The lowest BCUT2D eigenvalue weighted by Crippen LogP contribution is -1.96. The molecule has 4 aromatic heterocycles. The van der Waals surface area contributed by atoms with E-state index >= 15 is 0 Å². The van der Waals surface area contributed by atoms with E-state index in [2.05, 4.69) is 66.7 Å². The molecule has 0 N–H and O–H groups in total. The minimum Gasteiger partial charge on any atom is -0.455 e. The molecule has 4 heterocycles. The van der Waals surface area contributed by atoms with Crippen molar-refractivity contribution in [3.63, 3.8) is 0 Å². The van der Waals surface area contributed by atoms with E-state index in [-0.39, 0.29) is 0 Å². The van der Waals surface area contributed by atoms with Gasteiger partial charge < -0.3 is 8.83 Å². The standard InChI is InChI=1S/C50H30N4O2/c1-5-15-31(16-6-1)41-28-43(53-49(51-41)33-19-9-3-10-20-33)37-25-13-23-35-39-27-40-36-24-14-26-38(48(36)56-46(40)30-45(39)55-47(35)37)44-29-42(32-17-7-2-8-18-32)52-50(54-44)34-21-11-4-12-22-34/h1-30H. The van der Waals surface area contributed by atoms with Crippen molar-refractivity contribution in [2.45, 2.75) is 0 Å². The number of furan rings is 2. The number of para-hydroxylation sites is 2. The predicted molar refractivity (Wildman–Crippen MR) is 225 cm³/mol. The molecule has 56 heavy (non-hydrogen) atoms. The van der Waals surface area contributed by atoms with E-state index in [1.807, 2.05) is 115 Å². The van der Waals surface area contributed by atoms with Crippen molar-refractivity contribution in [3.8, 4) is 67.8 Å². The second-order valence-electron chi connectivity index (χ2n) is 13.8. The van der Waals surface area contributed by atoms with Crippen molar-refractivity contribution in [2.75, 3.05) is 0 Å². The molecule has 11 aromatic rings. The Morgan fingerprint density at radius 1 is 0.286 bits per heavy atom. The first-order valence-electron chi connectivity index (χ1n) is 18.5. The first kappa shape index (κ1) is 31.8. The molecule has 0 saturated heterocycles. The maximum absolute atomic E-state index is 6.74. The SMILES string of the molecule is c1ccc(-c2cc(-c3cccc4c3oc3cc5oc6c(-c7cc(-c8ccccc8)nc(-c8ccccc8)n7)cccc6c5cc34)nc(-c3ccccc3)n2)cc1. The van der Waals surface area contributed by atoms with Crippen LogP contribution in [0.5, 0.6) is 0 Å². The largest absolute Gasteiger partial charge is 0.455 e. The molecule has 0 spiro atoms. The Morgan fingerprint density at radius 3 is 1.07 bits per heavy atom. The highest BCUT2D eigenvalue weighted by Crippen LogP contribution is 2.42. The van der Waals surface area contributed by atoms with Crippen LogP contribution in [0, 0.1) is 0 Å². The van der Waals surface area contributed by atoms with Crippen LogP contribution in [0.1, 0.15) is 0 Å². The van der Waals surface area contributed by atoms with Gasteiger partial charge in [0, 0.05) is 61.0 Å². The third-order valence-electron chi connectivity index (χ3n) is 10.3. The number of rotatable bonds is 6. The average molecular weight is 719 g/mol. The van der Waals surface area contributed by atoms with Gasteiger partial charge in [-0.05, 0) is 30.3 Å². The van der Waals surface area contributed by atoms with Crippen molar-refractivity contribution in [2.24, 2.45) is 0 Å². The fourth-order valence-corrected chi connectivity index (χ4v) is 7.61. The van der Waals surface area contributed by atoms with Gasteiger partial charge in [-0.15, -0.1) is 0 Å². The van der Waals surface area contributed by atoms with E-state index < -0.39 is 0 Å². The van der Waals surface area contributed by atoms with Gasteiger partial charge in [-0.1, -0.05) is 146 Å². The van der Waals surface area contributed by atoms with Crippen molar-refractivity contribution in [1.82, 2.24) is 19.9 Å². The van der Waals surface area contributed by atoms with Crippen molar-refractivity contribution < 1.29 is 8.83 Å². The quantitative estimate of drug-likeness (QED) is 0.170. The molecule has 0 aliphatic carbocycles. The van der Waals surface area contributed by atoms with Crippen molar-refractivity contribution in [1.29, 1.82) is 0 Å². The fraction of sp³-hybridized carbons (Fsp3) is 0. The monoisotopic (exact) mass is 718 g/mol. The van der Waals surface area contributed by atoms with Gasteiger partial charge >= 0.3 is 0 Å². The molecule has 0 aliphatic heterocycles. The van der Waals surface area contributed by atoms with Crippen LogP contribution in [0.4, 0.5) is 0 Å². The number of hydrogen-bond donors (Lipinski definition) is 0. The summed E-state index contributed by atoms with van der Waals surface area (Å²) in [7, 11) is 0. The van der Waals surface area contributed by atoms with Crippen LogP contribution >= 0.6 is 0 Å². The Morgan fingerprint density at radius 2 is 0.661 bits per heavy atom. The normalized spacial score (nSPS) is 11.6. The number of fused-ring (bicyclic) bond motifs is 6. The van der Waals surface area contributed by atoms with E-state index in [9.17, 15) is 0 Å². The molecular weight excluding hydrogens is 689 g/mol. The van der Waals surface area contributed by atoms with E-state index in [1.165, 1.54) is 0 Å². The lowest BCUT2D eigenvalue weighted by Gasteiger charge is -2.09. The molecule has 0 aliphatic rings. The number of hydrogen-bond acceptors (Lipinski definition) is 6. The Bertz CT molecular complexity index is 2900. The second-order valence-corrected chi connectivity index (χ2v) is 13.8. The molecule has 6 heteroatoms. The van der Waals surface area contributed by atoms with Gasteiger partial charge in [0.05, 0.1) is 22.8 Å². The first-order valence-corrected chi connectivity index (χ1v) is 18.5. The summed E-state index contributed by atoms with van der Waals surface area (Å²) in [5.74, 6) is 1.32. The van der Waals surface area contributed by atoms with Crippen LogP contribution < -0.4 is 0 Å². The third kappa shape index (κ3) is 5.43. The maximum atomic E-state index is 6.74. The van der Waals surface area contributed by atoms with Crippen LogP contribution in [0.3, 0.4) is 0 Å². The predicted octanol–water partition coefficient (Wildman–Crippen LogP) is 13.1. The highest BCUT2D eigenvalue weighted by atomic mass is 16.3. The van der Waals surface area contributed by atoms with Crippen LogP contribution in [-0.2, 0) is 0 Å². The van der Waals surface area contributed by atoms with Crippen LogP contribution in [-0.4, -0.2) is 19.9 Å². The summed E-state index contributed by atoms with van der Waals surface area (Å²) in [5.41, 5.74) is 12.0. The van der Waals surface area contributed by atoms with Crippen LogP contribution in [0.15, 0.2) is 191 Å². The molecular formula is C50H30N4O2. The maximum Gasteiger partial charge on any atom is 0.160 e. The topological polar surface area (TPSA) is 77.8 Å². The number of nitrogens with zero attached hydrogens (tertiary/aromatic N) is 4. The summed E-state index contributed by atoms with van der Waals surface area (Å²) < 4.78 is 13.5. The summed E-state index contributed by atoms with van der Waals surface area (Å²) in [6.07, 6.45) is 0. The van der Waals surface area contributed by atoms with Crippen LogP contribution in [0.2, 0.25) is 0 Å². The zero-order chi connectivity index (χ0) is 37.0. The van der Waals surface area contributed by atoms with E-state index in [0.717, 1.165) is 100 Å². The molecule has 0 saturated carbocycles. The second kappa shape index (κ2) is 13.0. The number of aromatic nitrogens is 4. The summed E-state index contributed by atoms with van der Waals surface area (Å²) in [5, 5.41) is 4.01. The zero-order valence-corrected chi connectivity index (χ0v) is 29.9. The molecule has 0 unspecified atom stereocenters. The molecule has 6 nitrogen and oxygen atoms in total. The molecule has 0 amide bonds. The van der Waals surface area contributed by atoms with Gasteiger partial charge in [0.25, 0.3) is 0 Å². The van der Waals surface area contributed by atoms with Crippen molar-refractivity contribution >= 4 is 43.9 Å². The Labute approximate surface area is 321 Å². The molecule has 0 fully saturated rings. The Kier molecular flexibility index (Phi) is 7.38. The molecule has 7 aromatic carbocycles. The number of benzene rings is 7. The van der Waals surface area contributed by atoms with Gasteiger partial charge in [-0.25, -0.2) is 19.9 Å². The van der Waals surface area contributed by atoms with E-state index in [1.54, 1.807) is 0 Å². The lowest BCUT2D eigenvalue weighted by molar-refractivity contribution is 0.657. The average Bonchev–Trinajstić information content (AvgIpc) is 3.84. The van der Waals surface area contributed by atoms with Gasteiger partial charge in [-0.3, -0.25) is 0 Å². The Balaban J connectivity index is 1.07. The first-order chi connectivity index (χ1) is 27.7. The molecule has 0 atom stereocenters. The molecule has 11 rings (SSSR count). The molecule has 0 radical (unpaired) electrons.